The predicted octanol–water partition coefficient (Wildman–Crippen LogP) is 3.69. The summed E-state index contributed by atoms with van der Waals surface area (Å²) in [6.45, 7) is 1.82. The second-order valence-electron chi connectivity index (χ2n) is 4.61. The zero-order valence-corrected chi connectivity index (χ0v) is 11.9. The highest BCUT2D eigenvalue weighted by molar-refractivity contribution is 6.31. The molecule has 1 aromatic carbocycles. The molecule has 0 bridgehead atoms. The molecule has 3 aromatic rings. The quantitative estimate of drug-likeness (QED) is 0.785. The summed E-state index contributed by atoms with van der Waals surface area (Å²) in [5.41, 5.74) is 2.11. The Hall–Kier alpha value is -2.40. The molecule has 6 heteroatoms. The minimum absolute atomic E-state index is 0.208. The highest BCUT2D eigenvalue weighted by Crippen LogP contribution is 2.23. The lowest BCUT2D eigenvalue weighted by molar-refractivity contribution is 0.102. The summed E-state index contributed by atoms with van der Waals surface area (Å²) in [5, 5.41) is 3.32. The van der Waals surface area contributed by atoms with E-state index in [2.05, 4.69) is 10.3 Å². The summed E-state index contributed by atoms with van der Waals surface area (Å²) in [7, 11) is 0. The average molecular weight is 304 g/mol. The van der Waals surface area contributed by atoms with Crippen molar-refractivity contribution in [1.29, 1.82) is 0 Å². The Morgan fingerprint density at radius 3 is 2.90 bits per heavy atom. The Morgan fingerprint density at radius 1 is 1.29 bits per heavy atom. The molecule has 0 radical (unpaired) electrons. The van der Waals surface area contributed by atoms with Gasteiger partial charge < -0.3 is 9.72 Å². The normalized spacial score (nSPS) is 10.8. The maximum absolute atomic E-state index is 13.1. The number of nitrogens with zero attached hydrogens (tertiary/aromatic N) is 2. The zero-order valence-electron chi connectivity index (χ0n) is 11.1. The van der Waals surface area contributed by atoms with Crippen LogP contribution in [-0.4, -0.2) is 15.3 Å². The third-order valence-corrected chi connectivity index (χ3v) is 3.57. The molecule has 21 heavy (non-hydrogen) atoms. The molecule has 0 spiro atoms. The first kappa shape index (κ1) is 13.6. The molecule has 0 atom stereocenters. The summed E-state index contributed by atoms with van der Waals surface area (Å²) in [6, 6.07) is 8.07. The summed E-state index contributed by atoms with van der Waals surface area (Å²) in [6.07, 6.45) is 2.75. The van der Waals surface area contributed by atoms with Crippen molar-refractivity contribution in [2.45, 2.75) is 6.92 Å². The van der Waals surface area contributed by atoms with E-state index in [9.17, 15) is 9.18 Å². The number of pyridine rings is 1. The largest absolute Gasteiger partial charge is 0.320 e. The van der Waals surface area contributed by atoms with E-state index < -0.39 is 5.82 Å². The summed E-state index contributed by atoms with van der Waals surface area (Å²) >= 11 is 6.01. The predicted molar refractivity (Wildman–Crippen MR) is 79.3 cm³/mol. The van der Waals surface area contributed by atoms with Crippen molar-refractivity contribution >= 4 is 28.8 Å². The van der Waals surface area contributed by atoms with Gasteiger partial charge >= 0.3 is 0 Å². The highest BCUT2D eigenvalue weighted by Gasteiger charge is 2.13. The first-order valence-corrected chi connectivity index (χ1v) is 6.63. The molecular weight excluding hydrogens is 293 g/mol. The Bertz CT molecular complexity index is 844. The van der Waals surface area contributed by atoms with Gasteiger partial charge in [-0.25, -0.2) is 9.37 Å². The average Bonchev–Trinajstić information content (AvgIpc) is 2.87. The van der Waals surface area contributed by atoms with E-state index in [0.29, 0.717) is 16.4 Å². The molecule has 1 amide bonds. The number of carbonyl (C=O) groups is 1. The van der Waals surface area contributed by atoms with Crippen molar-refractivity contribution in [3.63, 3.8) is 0 Å². The third kappa shape index (κ3) is 2.60. The molecule has 2 aromatic heterocycles. The Balaban J connectivity index is 1.91. The van der Waals surface area contributed by atoms with Gasteiger partial charge in [0, 0.05) is 23.1 Å². The van der Waals surface area contributed by atoms with E-state index in [4.69, 9.17) is 11.6 Å². The van der Waals surface area contributed by atoms with Crippen molar-refractivity contribution in [1.82, 2.24) is 9.38 Å². The molecule has 0 unspecified atom stereocenters. The molecule has 0 saturated heterocycles. The maximum Gasteiger partial charge on any atom is 0.275 e. The molecule has 0 aliphatic rings. The standard InChI is InChI=1S/C15H11ClFN3O/c1-9-11(16)3-2-4-12(9)19-15(21)13-8-20-7-10(17)5-6-14(20)18-13/h2-8H,1H3,(H,19,21). The van der Waals surface area contributed by atoms with E-state index in [-0.39, 0.29) is 11.6 Å². The molecule has 0 aliphatic carbocycles. The number of fused-ring (bicyclic) bond motifs is 1. The minimum Gasteiger partial charge on any atom is -0.320 e. The molecule has 0 aliphatic heterocycles. The lowest BCUT2D eigenvalue weighted by Crippen LogP contribution is -2.13. The zero-order chi connectivity index (χ0) is 15.0. The summed E-state index contributed by atoms with van der Waals surface area (Å²) < 4.78 is 14.6. The van der Waals surface area contributed by atoms with E-state index in [1.165, 1.54) is 28.9 Å². The number of hydrogen-bond acceptors (Lipinski definition) is 2. The van der Waals surface area contributed by atoms with Crippen molar-refractivity contribution < 1.29 is 9.18 Å². The fourth-order valence-electron chi connectivity index (χ4n) is 2.00. The molecule has 4 nitrogen and oxygen atoms in total. The fraction of sp³-hybridized carbons (Fsp3) is 0.0667. The van der Waals surface area contributed by atoms with Crippen LogP contribution in [0.4, 0.5) is 10.1 Å². The SMILES string of the molecule is Cc1c(Cl)cccc1NC(=O)c1cn2cc(F)ccc2n1. The van der Waals surface area contributed by atoms with Gasteiger partial charge in [0.05, 0.1) is 0 Å². The van der Waals surface area contributed by atoms with Crippen molar-refractivity contribution in [3.8, 4) is 0 Å². The van der Waals surface area contributed by atoms with Gasteiger partial charge in [-0.15, -0.1) is 0 Å². The van der Waals surface area contributed by atoms with Crippen molar-refractivity contribution in [2.75, 3.05) is 5.32 Å². The van der Waals surface area contributed by atoms with Crippen LogP contribution < -0.4 is 5.32 Å². The van der Waals surface area contributed by atoms with Gasteiger partial charge in [-0.3, -0.25) is 4.79 Å². The molecule has 106 valence electrons. The second kappa shape index (κ2) is 5.18. The second-order valence-corrected chi connectivity index (χ2v) is 5.01. The smallest absolute Gasteiger partial charge is 0.275 e. The van der Waals surface area contributed by atoms with Crippen LogP contribution in [0.1, 0.15) is 16.1 Å². The van der Waals surface area contributed by atoms with Gasteiger partial charge in [0.15, 0.2) is 0 Å². The Labute approximate surface area is 125 Å². The van der Waals surface area contributed by atoms with E-state index in [1.54, 1.807) is 18.2 Å². The number of halogens is 2. The van der Waals surface area contributed by atoms with E-state index >= 15 is 0 Å². The highest BCUT2D eigenvalue weighted by atomic mass is 35.5. The van der Waals surface area contributed by atoms with Crippen molar-refractivity contribution in [3.05, 3.63) is 64.8 Å². The van der Waals surface area contributed by atoms with Crippen LogP contribution in [0.25, 0.3) is 5.65 Å². The van der Waals surface area contributed by atoms with Gasteiger partial charge in [-0.05, 0) is 36.8 Å². The number of nitrogens with one attached hydrogen (secondary N) is 1. The molecule has 0 saturated carbocycles. The minimum atomic E-state index is -0.391. The molecule has 2 heterocycles. The lowest BCUT2D eigenvalue weighted by Gasteiger charge is -2.07. The van der Waals surface area contributed by atoms with E-state index in [1.807, 2.05) is 6.92 Å². The van der Waals surface area contributed by atoms with Crippen molar-refractivity contribution in [2.24, 2.45) is 0 Å². The van der Waals surface area contributed by atoms with Crippen LogP contribution in [-0.2, 0) is 0 Å². The summed E-state index contributed by atoms with van der Waals surface area (Å²) in [5.74, 6) is -0.762. The third-order valence-electron chi connectivity index (χ3n) is 3.16. The van der Waals surface area contributed by atoms with Crippen LogP contribution >= 0.6 is 11.6 Å². The van der Waals surface area contributed by atoms with E-state index in [0.717, 1.165) is 5.56 Å². The molecular formula is C15H11ClFN3O. The molecule has 0 fully saturated rings. The number of imidazole rings is 1. The van der Waals surface area contributed by atoms with Crippen LogP contribution in [0.3, 0.4) is 0 Å². The molecule has 3 rings (SSSR count). The topological polar surface area (TPSA) is 46.4 Å². The maximum atomic E-state index is 13.1. The lowest BCUT2D eigenvalue weighted by atomic mass is 10.2. The number of rotatable bonds is 2. The van der Waals surface area contributed by atoms with Gasteiger partial charge in [-0.1, -0.05) is 17.7 Å². The Kier molecular flexibility index (Phi) is 3.35. The fourth-order valence-corrected chi connectivity index (χ4v) is 2.18. The number of benzene rings is 1. The van der Waals surface area contributed by atoms with Crippen LogP contribution in [0.5, 0.6) is 0 Å². The van der Waals surface area contributed by atoms with Gasteiger partial charge in [0.25, 0.3) is 5.91 Å². The Morgan fingerprint density at radius 2 is 2.10 bits per heavy atom. The molecule has 1 N–H and O–H groups in total. The first-order valence-electron chi connectivity index (χ1n) is 6.25. The number of anilines is 1. The number of carbonyl (C=O) groups excluding carboxylic acids is 1. The van der Waals surface area contributed by atoms with Crippen LogP contribution in [0, 0.1) is 12.7 Å². The van der Waals surface area contributed by atoms with Gasteiger partial charge in [0.1, 0.15) is 17.2 Å². The number of amides is 1. The van der Waals surface area contributed by atoms with Crippen LogP contribution in [0.15, 0.2) is 42.7 Å². The van der Waals surface area contributed by atoms with Gasteiger partial charge in [-0.2, -0.15) is 0 Å². The monoisotopic (exact) mass is 303 g/mol. The van der Waals surface area contributed by atoms with Gasteiger partial charge in [0.2, 0.25) is 0 Å². The number of aromatic nitrogens is 2. The summed E-state index contributed by atoms with van der Waals surface area (Å²) in [4.78, 5) is 16.4. The first-order chi connectivity index (χ1) is 10.0. The number of hydrogen-bond donors (Lipinski definition) is 1. The van der Waals surface area contributed by atoms with Crippen LogP contribution in [0.2, 0.25) is 5.02 Å².